The lowest BCUT2D eigenvalue weighted by molar-refractivity contribution is 0.120. The van der Waals surface area contributed by atoms with Crippen molar-refractivity contribution in [2.45, 2.75) is 25.3 Å². The molecule has 0 unspecified atom stereocenters. The predicted octanol–water partition coefficient (Wildman–Crippen LogP) is 2.69. The zero-order valence-corrected chi connectivity index (χ0v) is 11.0. The Kier molecular flexibility index (Phi) is 3.16. The van der Waals surface area contributed by atoms with Gasteiger partial charge >= 0.3 is 6.03 Å². The van der Waals surface area contributed by atoms with Crippen molar-refractivity contribution >= 4 is 17.6 Å². The van der Waals surface area contributed by atoms with Gasteiger partial charge in [0.05, 0.1) is 0 Å². The third-order valence-electron chi connectivity index (χ3n) is 3.62. The minimum absolute atomic E-state index is 0.105. The highest BCUT2D eigenvalue weighted by atomic mass is 35.5. The van der Waals surface area contributed by atoms with Gasteiger partial charge in [0.25, 0.3) is 0 Å². The maximum atomic E-state index is 11.7. The van der Waals surface area contributed by atoms with Crippen LogP contribution in [0.15, 0.2) is 24.3 Å². The molecule has 0 spiro atoms. The first kappa shape index (κ1) is 11.8. The number of carbonyl (C=O) groups is 1. The van der Waals surface area contributed by atoms with Crippen molar-refractivity contribution in [2.24, 2.45) is 5.92 Å². The van der Waals surface area contributed by atoms with Crippen LogP contribution in [-0.2, 0) is 6.42 Å². The summed E-state index contributed by atoms with van der Waals surface area (Å²) in [4.78, 5) is 13.6. The summed E-state index contributed by atoms with van der Waals surface area (Å²) < 4.78 is 0. The molecule has 4 heteroatoms. The Morgan fingerprint density at radius 2 is 2.06 bits per heavy atom. The van der Waals surface area contributed by atoms with Crippen molar-refractivity contribution in [3.05, 3.63) is 34.9 Å². The Bertz CT molecular complexity index is 453. The van der Waals surface area contributed by atoms with Crippen LogP contribution in [0.2, 0.25) is 5.02 Å². The second-order valence-electron chi connectivity index (χ2n) is 5.29. The maximum Gasteiger partial charge on any atom is 0.317 e. The summed E-state index contributed by atoms with van der Waals surface area (Å²) in [5.74, 6) is 0.551. The molecule has 3 nitrogen and oxygen atoms in total. The molecule has 0 atom stereocenters. The van der Waals surface area contributed by atoms with Crippen LogP contribution in [0.5, 0.6) is 0 Å². The van der Waals surface area contributed by atoms with Crippen LogP contribution in [0.25, 0.3) is 0 Å². The van der Waals surface area contributed by atoms with Gasteiger partial charge in [-0.2, -0.15) is 0 Å². The van der Waals surface area contributed by atoms with Gasteiger partial charge in [-0.1, -0.05) is 29.8 Å². The first-order valence-corrected chi connectivity index (χ1v) is 6.89. The number of nitrogens with zero attached hydrogens (tertiary/aromatic N) is 1. The van der Waals surface area contributed by atoms with Crippen molar-refractivity contribution in [3.8, 4) is 0 Å². The highest BCUT2D eigenvalue weighted by Crippen LogP contribution is 2.25. The van der Waals surface area contributed by atoms with Crippen molar-refractivity contribution in [1.29, 1.82) is 0 Å². The van der Waals surface area contributed by atoms with Crippen LogP contribution in [0.1, 0.15) is 18.4 Å². The lowest BCUT2D eigenvalue weighted by Gasteiger charge is -2.39. The third kappa shape index (κ3) is 2.61. The monoisotopic (exact) mass is 264 g/mol. The molecule has 2 amide bonds. The molecular weight excluding hydrogens is 248 g/mol. The zero-order chi connectivity index (χ0) is 12.5. The summed E-state index contributed by atoms with van der Waals surface area (Å²) in [6.45, 7) is 1.70. The molecule has 1 aliphatic heterocycles. The lowest BCUT2D eigenvalue weighted by atomic mass is 9.92. The first-order chi connectivity index (χ1) is 8.72. The average molecular weight is 265 g/mol. The molecule has 1 saturated heterocycles. The van der Waals surface area contributed by atoms with Gasteiger partial charge in [-0.05, 0) is 36.8 Å². The maximum absolute atomic E-state index is 11.7. The number of benzene rings is 1. The molecule has 0 radical (unpaired) electrons. The van der Waals surface area contributed by atoms with E-state index in [1.165, 1.54) is 5.56 Å². The Hall–Kier alpha value is -1.22. The fraction of sp³-hybridized carbons (Fsp3) is 0.500. The zero-order valence-electron chi connectivity index (χ0n) is 10.2. The lowest BCUT2D eigenvalue weighted by Crippen LogP contribution is -2.54. The van der Waals surface area contributed by atoms with Crippen LogP contribution in [0.4, 0.5) is 4.79 Å². The highest BCUT2D eigenvalue weighted by molar-refractivity contribution is 6.31. The number of halogens is 1. The van der Waals surface area contributed by atoms with Crippen LogP contribution >= 0.6 is 11.6 Å². The van der Waals surface area contributed by atoms with Gasteiger partial charge in [0.15, 0.2) is 0 Å². The molecule has 1 saturated carbocycles. The topological polar surface area (TPSA) is 32.3 Å². The van der Waals surface area contributed by atoms with Crippen molar-refractivity contribution < 1.29 is 4.79 Å². The van der Waals surface area contributed by atoms with Crippen molar-refractivity contribution in [1.82, 2.24) is 10.2 Å². The number of carbonyl (C=O) groups excluding carboxylic acids is 1. The molecule has 2 aliphatic rings. The van der Waals surface area contributed by atoms with Crippen LogP contribution in [0, 0.1) is 5.92 Å². The number of hydrogen-bond acceptors (Lipinski definition) is 1. The summed E-state index contributed by atoms with van der Waals surface area (Å²) in [6.07, 6.45) is 3.25. The summed E-state index contributed by atoms with van der Waals surface area (Å²) >= 11 is 6.13. The van der Waals surface area contributed by atoms with Gasteiger partial charge in [-0.3, -0.25) is 0 Å². The Balaban J connectivity index is 1.47. The van der Waals surface area contributed by atoms with Gasteiger partial charge in [-0.25, -0.2) is 4.79 Å². The van der Waals surface area contributed by atoms with Crippen LogP contribution < -0.4 is 5.32 Å². The molecule has 18 heavy (non-hydrogen) atoms. The summed E-state index contributed by atoms with van der Waals surface area (Å²) in [7, 11) is 0. The molecule has 3 rings (SSSR count). The fourth-order valence-electron chi connectivity index (χ4n) is 2.33. The third-order valence-corrected chi connectivity index (χ3v) is 3.98. The van der Waals surface area contributed by atoms with Gasteiger partial charge in [0.1, 0.15) is 0 Å². The van der Waals surface area contributed by atoms with E-state index in [-0.39, 0.29) is 6.03 Å². The molecule has 1 N–H and O–H groups in total. The Labute approximate surface area is 112 Å². The normalized spacial score (nSPS) is 19.5. The summed E-state index contributed by atoms with van der Waals surface area (Å²) in [5, 5.41) is 3.84. The SMILES string of the molecule is O=C(NC1CC1)N1CC(Cc2ccccc2Cl)C1. The van der Waals surface area contributed by atoms with E-state index in [4.69, 9.17) is 11.6 Å². The highest BCUT2D eigenvalue weighted by Gasteiger charge is 2.33. The quantitative estimate of drug-likeness (QED) is 0.895. The second-order valence-corrected chi connectivity index (χ2v) is 5.70. The number of amides is 2. The smallest absolute Gasteiger partial charge is 0.317 e. The molecule has 1 aromatic carbocycles. The van der Waals surface area contributed by atoms with Crippen molar-refractivity contribution in [3.63, 3.8) is 0 Å². The van der Waals surface area contributed by atoms with E-state index in [9.17, 15) is 4.79 Å². The van der Waals surface area contributed by atoms with Crippen LogP contribution in [-0.4, -0.2) is 30.1 Å². The van der Waals surface area contributed by atoms with Crippen LogP contribution in [0.3, 0.4) is 0 Å². The number of likely N-dealkylation sites (tertiary alicyclic amines) is 1. The van der Waals surface area contributed by atoms with Gasteiger partial charge in [-0.15, -0.1) is 0 Å². The van der Waals surface area contributed by atoms with E-state index in [0.29, 0.717) is 12.0 Å². The summed E-state index contributed by atoms with van der Waals surface area (Å²) in [6, 6.07) is 8.50. The predicted molar refractivity (Wildman–Crippen MR) is 71.8 cm³/mol. The largest absolute Gasteiger partial charge is 0.335 e. The Morgan fingerprint density at radius 3 is 2.72 bits per heavy atom. The summed E-state index contributed by atoms with van der Waals surface area (Å²) in [5.41, 5.74) is 1.19. The van der Waals surface area contributed by atoms with Crippen molar-refractivity contribution in [2.75, 3.05) is 13.1 Å². The van der Waals surface area contributed by atoms with Gasteiger partial charge in [0.2, 0.25) is 0 Å². The number of nitrogens with one attached hydrogen (secondary N) is 1. The minimum Gasteiger partial charge on any atom is -0.335 e. The van der Waals surface area contributed by atoms with E-state index >= 15 is 0 Å². The molecule has 2 fully saturated rings. The number of hydrogen-bond donors (Lipinski definition) is 1. The molecule has 0 bridgehead atoms. The molecule has 1 aromatic rings. The molecule has 96 valence electrons. The minimum atomic E-state index is 0.105. The van der Waals surface area contributed by atoms with Gasteiger partial charge in [0, 0.05) is 24.2 Å². The molecule has 0 aromatic heterocycles. The standard InChI is InChI=1S/C14H17ClN2O/c15-13-4-2-1-3-11(13)7-10-8-17(9-10)14(18)16-12-5-6-12/h1-4,10,12H,5-9H2,(H,16,18). The first-order valence-electron chi connectivity index (χ1n) is 6.51. The average Bonchev–Trinajstić information content (AvgIpc) is 3.08. The number of urea groups is 1. The Morgan fingerprint density at radius 1 is 1.33 bits per heavy atom. The van der Waals surface area contributed by atoms with E-state index < -0.39 is 0 Å². The molecule has 1 aliphatic carbocycles. The van der Waals surface area contributed by atoms with Gasteiger partial charge < -0.3 is 10.2 Å². The molecule has 1 heterocycles. The molecular formula is C14H17ClN2O. The van der Waals surface area contributed by atoms with E-state index in [1.807, 2.05) is 23.1 Å². The number of rotatable bonds is 3. The second kappa shape index (κ2) is 4.81. The van der Waals surface area contributed by atoms with E-state index in [1.54, 1.807) is 0 Å². The van der Waals surface area contributed by atoms with E-state index in [2.05, 4.69) is 11.4 Å². The van der Waals surface area contributed by atoms with E-state index in [0.717, 1.165) is 37.4 Å². The fourth-order valence-corrected chi connectivity index (χ4v) is 2.55.